The third-order valence-electron chi connectivity index (χ3n) is 4.08. The van der Waals surface area contributed by atoms with Crippen LogP contribution in [0, 0.1) is 6.92 Å². The maximum atomic E-state index is 13.2. The molecular formula is C23H22N2O3S. The van der Waals surface area contributed by atoms with Crippen LogP contribution < -0.4 is 4.31 Å². The number of sulfonamides is 1. The smallest absolute Gasteiger partial charge is 0.268 e. The van der Waals surface area contributed by atoms with Gasteiger partial charge < -0.3 is 4.84 Å². The van der Waals surface area contributed by atoms with Crippen LogP contribution in [0.1, 0.15) is 11.1 Å². The minimum atomic E-state index is -3.75. The van der Waals surface area contributed by atoms with Gasteiger partial charge in [0.25, 0.3) is 10.0 Å². The van der Waals surface area contributed by atoms with Gasteiger partial charge in [0.15, 0.2) is 0 Å². The van der Waals surface area contributed by atoms with Crippen LogP contribution in [0.3, 0.4) is 0 Å². The van der Waals surface area contributed by atoms with Crippen LogP contribution in [0.4, 0.5) is 5.69 Å². The normalized spacial score (nSPS) is 11.8. The first-order valence-electron chi connectivity index (χ1n) is 9.10. The van der Waals surface area contributed by atoms with Crippen molar-refractivity contribution < 1.29 is 13.3 Å². The molecule has 6 heteroatoms. The lowest BCUT2D eigenvalue weighted by Gasteiger charge is -2.20. The zero-order valence-electron chi connectivity index (χ0n) is 16.0. The monoisotopic (exact) mass is 406 g/mol. The Labute approximate surface area is 171 Å². The van der Waals surface area contributed by atoms with Crippen LogP contribution in [-0.4, -0.2) is 21.2 Å². The van der Waals surface area contributed by atoms with Crippen molar-refractivity contribution in [3.8, 4) is 0 Å². The first kappa shape index (κ1) is 20.4. The first-order chi connectivity index (χ1) is 14.1. The molecule has 0 amide bonds. The molecule has 0 spiro atoms. The summed E-state index contributed by atoms with van der Waals surface area (Å²) in [5, 5.41) is 3.90. The maximum Gasteiger partial charge on any atom is 0.268 e. The van der Waals surface area contributed by atoms with Gasteiger partial charge in [-0.2, -0.15) is 0 Å². The molecule has 0 aliphatic heterocycles. The fraction of sp³-hybridized carbons (Fsp3) is 0.0870. The molecule has 0 bridgehead atoms. The van der Waals surface area contributed by atoms with E-state index in [1.54, 1.807) is 60.8 Å². The average molecular weight is 407 g/mol. The van der Waals surface area contributed by atoms with Gasteiger partial charge >= 0.3 is 0 Å². The van der Waals surface area contributed by atoms with E-state index in [9.17, 15) is 8.42 Å². The summed E-state index contributed by atoms with van der Waals surface area (Å²) in [5.74, 6) is 0. The quantitative estimate of drug-likeness (QED) is 0.308. The lowest BCUT2D eigenvalue weighted by atomic mass is 10.2. The fourth-order valence-corrected chi connectivity index (χ4v) is 3.92. The van der Waals surface area contributed by atoms with E-state index in [0.29, 0.717) is 5.69 Å². The van der Waals surface area contributed by atoms with E-state index in [1.165, 1.54) is 10.5 Å². The highest BCUT2D eigenvalue weighted by atomic mass is 32.2. The molecule has 0 atom stereocenters. The molecule has 0 radical (unpaired) electrons. The highest BCUT2D eigenvalue weighted by Crippen LogP contribution is 2.24. The molecule has 0 aromatic heterocycles. The van der Waals surface area contributed by atoms with Crippen molar-refractivity contribution in [3.63, 3.8) is 0 Å². The minimum absolute atomic E-state index is 0.135. The van der Waals surface area contributed by atoms with Gasteiger partial charge in [-0.25, -0.2) is 12.7 Å². The Bertz CT molecular complexity index is 1060. The van der Waals surface area contributed by atoms with Gasteiger partial charge in [0.1, 0.15) is 6.61 Å². The summed E-state index contributed by atoms with van der Waals surface area (Å²) in [5.41, 5.74) is 2.46. The van der Waals surface area contributed by atoms with E-state index in [2.05, 4.69) is 5.16 Å². The van der Waals surface area contributed by atoms with Gasteiger partial charge in [0.05, 0.1) is 16.8 Å². The largest absolute Gasteiger partial charge is 0.391 e. The van der Waals surface area contributed by atoms with Crippen molar-refractivity contribution in [2.75, 3.05) is 10.9 Å². The van der Waals surface area contributed by atoms with Crippen LogP contribution in [0.25, 0.3) is 0 Å². The van der Waals surface area contributed by atoms with Crippen molar-refractivity contribution >= 4 is 21.9 Å². The van der Waals surface area contributed by atoms with E-state index in [1.807, 2.05) is 43.3 Å². The Balaban J connectivity index is 1.75. The summed E-state index contributed by atoms with van der Waals surface area (Å²) in [6, 6.07) is 25.2. The van der Waals surface area contributed by atoms with Crippen molar-refractivity contribution in [1.29, 1.82) is 0 Å². The van der Waals surface area contributed by atoms with Crippen molar-refractivity contribution in [2.24, 2.45) is 5.16 Å². The summed E-state index contributed by atoms with van der Waals surface area (Å²) in [7, 11) is -3.75. The molecule has 0 aliphatic rings. The lowest BCUT2D eigenvalue weighted by molar-refractivity contribution is 0.176. The molecule has 0 unspecified atom stereocenters. The Hall–Kier alpha value is -3.38. The van der Waals surface area contributed by atoms with E-state index in [0.717, 1.165) is 11.1 Å². The van der Waals surface area contributed by atoms with Gasteiger partial charge in [0, 0.05) is 6.20 Å². The maximum absolute atomic E-state index is 13.2. The van der Waals surface area contributed by atoms with E-state index >= 15 is 0 Å². The summed E-state index contributed by atoms with van der Waals surface area (Å²) >= 11 is 0. The van der Waals surface area contributed by atoms with Gasteiger partial charge in [-0.05, 0) is 42.8 Å². The fourth-order valence-electron chi connectivity index (χ4n) is 2.57. The number of aryl methyl sites for hydroxylation is 1. The SMILES string of the molecule is Cc1ccc(S(=O)(=O)N(/C=C/CO/N=C/c2ccccc2)c2ccccc2)cc1. The zero-order valence-corrected chi connectivity index (χ0v) is 16.9. The molecule has 0 fully saturated rings. The number of hydrogen-bond donors (Lipinski definition) is 0. The van der Waals surface area contributed by atoms with E-state index in [4.69, 9.17) is 4.84 Å². The highest BCUT2D eigenvalue weighted by Gasteiger charge is 2.22. The number of para-hydroxylation sites is 1. The van der Waals surface area contributed by atoms with Gasteiger partial charge in [-0.3, -0.25) is 0 Å². The number of rotatable bonds is 8. The van der Waals surface area contributed by atoms with Crippen LogP contribution in [0.15, 0.2) is 107 Å². The zero-order chi connectivity index (χ0) is 20.5. The predicted molar refractivity (Wildman–Crippen MR) is 116 cm³/mol. The topological polar surface area (TPSA) is 59.0 Å². The molecule has 5 nitrogen and oxygen atoms in total. The van der Waals surface area contributed by atoms with Gasteiger partial charge in [0.2, 0.25) is 0 Å². The van der Waals surface area contributed by atoms with Crippen molar-refractivity contribution in [1.82, 2.24) is 0 Å². The molecule has 148 valence electrons. The Morgan fingerprint density at radius 2 is 1.52 bits per heavy atom. The average Bonchev–Trinajstić information content (AvgIpc) is 2.74. The Morgan fingerprint density at radius 3 is 2.17 bits per heavy atom. The van der Waals surface area contributed by atoms with Crippen LogP contribution in [0.2, 0.25) is 0 Å². The predicted octanol–water partition coefficient (Wildman–Crippen LogP) is 4.75. The number of anilines is 1. The summed E-state index contributed by atoms with van der Waals surface area (Å²) in [4.78, 5) is 5.44. The second kappa shape index (κ2) is 9.71. The third-order valence-corrected chi connectivity index (χ3v) is 5.79. The molecule has 0 saturated heterocycles. The second-order valence-electron chi connectivity index (χ2n) is 6.28. The Morgan fingerprint density at radius 1 is 0.897 bits per heavy atom. The van der Waals surface area contributed by atoms with Crippen LogP contribution in [0.5, 0.6) is 0 Å². The lowest BCUT2D eigenvalue weighted by Crippen LogP contribution is -2.25. The number of benzene rings is 3. The first-order valence-corrected chi connectivity index (χ1v) is 10.5. The molecule has 29 heavy (non-hydrogen) atoms. The van der Waals surface area contributed by atoms with Crippen molar-refractivity contribution in [2.45, 2.75) is 11.8 Å². The van der Waals surface area contributed by atoms with Crippen LogP contribution in [-0.2, 0) is 14.9 Å². The molecule has 3 aromatic rings. The molecule has 3 rings (SSSR count). The summed E-state index contributed by atoms with van der Waals surface area (Å²) in [6.45, 7) is 2.05. The molecular weight excluding hydrogens is 384 g/mol. The molecule has 0 saturated carbocycles. The number of oxime groups is 1. The molecule has 0 heterocycles. The second-order valence-corrected chi connectivity index (χ2v) is 8.09. The van der Waals surface area contributed by atoms with Crippen molar-refractivity contribution in [3.05, 3.63) is 108 Å². The van der Waals surface area contributed by atoms with E-state index < -0.39 is 10.0 Å². The van der Waals surface area contributed by atoms with E-state index in [-0.39, 0.29) is 11.5 Å². The molecule has 3 aromatic carbocycles. The number of nitrogens with zero attached hydrogens (tertiary/aromatic N) is 2. The number of hydrogen-bond acceptors (Lipinski definition) is 4. The molecule has 0 aliphatic carbocycles. The summed E-state index contributed by atoms with van der Waals surface area (Å²) < 4.78 is 27.5. The van der Waals surface area contributed by atoms with Crippen LogP contribution >= 0.6 is 0 Å². The summed E-state index contributed by atoms with van der Waals surface area (Å²) in [6.07, 6.45) is 4.70. The highest BCUT2D eigenvalue weighted by molar-refractivity contribution is 7.93. The third kappa shape index (κ3) is 5.56. The standard InChI is InChI=1S/C23H22N2O3S/c1-20-13-15-23(16-14-20)29(26,27)25(22-11-6-3-7-12-22)17-8-18-28-24-19-21-9-4-2-5-10-21/h2-17,19H,18H2,1H3/b17-8+,24-19+. The Kier molecular flexibility index (Phi) is 6.81. The van der Waals surface area contributed by atoms with Gasteiger partial charge in [-0.15, -0.1) is 0 Å². The minimum Gasteiger partial charge on any atom is -0.391 e. The van der Waals surface area contributed by atoms with Gasteiger partial charge in [-0.1, -0.05) is 71.4 Å². The molecule has 0 N–H and O–H groups in total.